The van der Waals surface area contributed by atoms with Crippen LogP contribution in [0.25, 0.3) is 11.1 Å². The number of fused-ring (bicyclic) bond motifs is 1. The minimum Gasteiger partial charge on any atom is -0.472 e. The molecule has 33 heavy (non-hydrogen) atoms. The van der Waals surface area contributed by atoms with Crippen molar-refractivity contribution >= 4 is 34.9 Å². The van der Waals surface area contributed by atoms with E-state index in [0.717, 1.165) is 36.5 Å². The summed E-state index contributed by atoms with van der Waals surface area (Å²) in [5.41, 5.74) is 3.15. The maximum atomic E-state index is 13.1. The zero-order chi connectivity index (χ0) is 22.9. The molecule has 2 aromatic carbocycles. The van der Waals surface area contributed by atoms with E-state index in [-0.39, 0.29) is 24.6 Å². The number of halogens is 1. The number of anilines is 2. The van der Waals surface area contributed by atoms with Crippen molar-refractivity contribution in [2.75, 3.05) is 29.6 Å². The maximum Gasteiger partial charge on any atom is 0.264 e. The van der Waals surface area contributed by atoms with Gasteiger partial charge in [0.05, 0.1) is 17.4 Å². The summed E-state index contributed by atoms with van der Waals surface area (Å²) in [6.45, 7) is 3.20. The van der Waals surface area contributed by atoms with Crippen molar-refractivity contribution in [1.82, 2.24) is 10.3 Å². The van der Waals surface area contributed by atoms with Crippen molar-refractivity contribution in [2.24, 2.45) is 0 Å². The van der Waals surface area contributed by atoms with Crippen LogP contribution in [-0.4, -0.2) is 42.7 Å². The smallest absolute Gasteiger partial charge is 0.264 e. The van der Waals surface area contributed by atoms with Crippen molar-refractivity contribution in [3.8, 4) is 16.9 Å². The molecule has 8 heteroatoms. The Bertz CT molecular complexity index is 1200. The highest BCUT2D eigenvalue weighted by Gasteiger charge is 2.28. The van der Waals surface area contributed by atoms with Gasteiger partial charge in [-0.1, -0.05) is 29.8 Å². The summed E-state index contributed by atoms with van der Waals surface area (Å²) in [6.07, 6.45) is 2.58. The molecule has 2 aliphatic rings. The van der Waals surface area contributed by atoms with Gasteiger partial charge in [-0.25, -0.2) is 4.98 Å². The number of nitrogens with zero attached hydrogens (tertiary/aromatic N) is 3. The first-order chi connectivity index (χ1) is 16.0. The molecule has 5 rings (SSSR count). The summed E-state index contributed by atoms with van der Waals surface area (Å²) in [5.74, 6) is 1.24. The maximum absolute atomic E-state index is 13.1. The van der Waals surface area contributed by atoms with Gasteiger partial charge >= 0.3 is 0 Å². The van der Waals surface area contributed by atoms with Gasteiger partial charge in [0.25, 0.3) is 5.91 Å². The first-order valence-electron chi connectivity index (χ1n) is 10.8. The summed E-state index contributed by atoms with van der Waals surface area (Å²) in [5, 5.41) is 3.63. The fourth-order valence-corrected chi connectivity index (χ4v) is 4.39. The predicted octanol–water partition coefficient (Wildman–Crippen LogP) is 4.11. The van der Waals surface area contributed by atoms with Crippen LogP contribution in [0.2, 0.25) is 5.02 Å². The molecule has 2 amide bonds. The van der Waals surface area contributed by atoms with Crippen molar-refractivity contribution in [3.05, 3.63) is 71.4 Å². The lowest BCUT2D eigenvalue weighted by Crippen LogP contribution is -2.38. The lowest BCUT2D eigenvalue weighted by Gasteiger charge is -2.29. The summed E-state index contributed by atoms with van der Waals surface area (Å²) in [7, 11) is 0. The molecule has 0 aliphatic carbocycles. The Morgan fingerprint density at radius 2 is 1.91 bits per heavy atom. The third-order valence-electron chi connectivity index (χ3n) is 5.95. The summed E-state index contributed by atoms with van der Waals surface area (Å²) < 4.78 is 5.93. The molecule has 0 bridgehead atoms. The molecule has 0 radical (unpaired) electrons. The van der Waals surface area contributed by atoms with Crippen LogP contribution in [0, 0.1) is 0 Å². The molecule has 1 saturated heterocycles. The Balaban J connectivity index is 1.30. The van der Waals surface area contributed by atoms with Crippen molar-refractivity contribution in [3.63, 3.8) is 0 Å². The molecule has 3 heterocycles. The van der Waals surface area contributed by atoms with Gasteiger partial charge in [-0.15, -0.1) is 0 Å². The van der Waals surface area contributed by atoms with E-state index < -0.39 is 0 Å². The lowest BCUT2D eigenvalue weighted by molar-refractivity contribution is -0.119. The number of nitrogens with one attached hydrogen (secondary N) is 1. The summed E-state index contributed by atoms with van der Waals surface area (Å²) in [6, 6.07) is 17.0. The van der Waals surface area contributed by atoms with Crippen LogP contribution < -0.4 is 19.9 Å². The fourth-order valence-electron chi connectivity index (χ4n) is 4.27. The van der Waals surface area contributed by atoms with Crippen molar-refractivity contribution < 1.29 is 14.3 Å². The average Bonchev–Trinajstić information content (AvgIpc) is 3.27. The topological polar surface area (TPSA) is 74.8 Å². The van der Waals surface area contributed by atoms with Crippen molar-refractivity contribution in [2.45, 2.75) is 19.4 Å². The lowest BCUT2D eigenvalue weighted by atomic mass is 10.0. The molecular formula is C25H23ClN4O3. The van der Waals surface area contributed by atoms with Gasteiger partial charge < -0.3 is 15.0 Å². The molecule has 0 spiro atoms. The zero-order valence-corrected chi connectivity index (χ0v) is 18.9. The van der Waals surface area contributed by atoms with E-state index >= 15 is 0 Å². The molecule has 168 valence electrons. The minimum absolute atomic E-state index is 0.0191. The van der Waals surface area contributed by atoms with Crippen LogP contribution in [0.1, 0.15) is 23.7 Å². The van der Waals surface area contributed by atoms with Gasteiger partial charge in [-0.3, -0.25) is 14.5 Å². The molecule has 1 fully saturated rings. The van der Waals surface area contributed by atoms with E-state index in [9.17, 15) is 9.59 Å². The Morgan fingerprint density at radius 1 is 1.12 bits per heavy atom. The molecular weight excluding hydrogens is 440 g/mol. The third-order valence-corrected chi connectivity index (χ3v) is 6.20. The van der Waals surface area contributed by atoms with Gasteiger partial charge in [0, 0.05) is 31.1 Å². The quantitative estimate of drug-likeness (QED) is 0.631. The second kappa shape index (κ2) is 8.75. The molecule has 1 atom stereocenters. The fraction of sp³-hybridized carbons (Fsp3) is 0.240. The van der Waals surface area contributed by atoms with Gasteiger partial charge in [-0.05, 0) is 53.9 Å². The number of pyridine rings is 1. The molecule has 3 aromatic rings. The first-order valence-corrected chi connectivity index (χ1v) is 11.2. The molecule has 1 N–H and O–H groups in total. The normalized spacial score (nSPS) is 17.5. The van der Waals surface area contributed by atoms with Gasteiger partial charge in [-0.2, -0.15) is 0 Å². The largest absolute Gasteiger partial charge is 0.472 e. The number of ether oxygens (including phenoxy) is 1. The first kappa shape index (κ1) is 21.3. The summed E-state index contributed by atoms with van der Waals surface area (Å²) >= 11 is 5.98. The molecule has 7 nitrogen and oxygen atoms in total. The number of aromatic nitrogens is 1. The number of hydrogen-bond donors (Lipinski definition) is 1. The molecule has 1 aromatic heterocycles. The van der Waals surface area contributed by atoms with Crippen LogP contribution in [0.4, 0.5) is 11.5 Å². The third kappa shape index (κ3) is 4.36. The molecule has 2 aliphatic heterocycles. The second-order valence-electron chi connectivity index (χ2n) is 8.23. The highest BCUT2D eigenvalue weighted by Crippen LogP contribution is 2.33. The Hall–Kier alpha value is -3.58. The number of carbonyl (C=O) groups excluding carboxylic acids is 2. The Kier molecular flexibility index (Phi) is 5.64. The monoisotopic (exact) mass is 462 g/mol. The van der Waals surface area contributed by atoms with E-state index in [1.54, 1.807) is 17.2 Å². The van der Waals surface area contributed by atoms with E-state index in [1.165, 1.54) is 6.92 Å². The standard InChI is InChI=1S/C25H23ClN4O3/c1-16(31)28-20-10-11-29(14-20)24-9-7-21(13-27-24)30-15-33-23-12-18(4-8-22(23)25(30)32)17-2-5-19(26)6-3-17/h2-9,12-13,20H,10-11,14-15H2,1H3,(H,28,31). The number of benzene rings is 2. The number of rotatable bonds is 4. The highest BCUT2D eigenvalue weighted by molar-refractivity contribution is 6.30. The van der Waals surface area contributed by atoms with E-state index in [1.807, 2.05) is 48.5 Å². The SMILES string of the molecule is CC(=O)NC1CCN(c2ccc(N3COc4cc(-c5ccc(Cl)cc5)ccc4C3=O)cn2)C1. The molecule has 1 unspecified atom stereocenters. The Labute approximate surface area is 196 Å². The van der Waals surface area contributed by atoms with Crippen molar-refractivity contribution in [1.29, 1.82) is 0 Å². The number of hydrogen-bond acceptors (Lipinski definition) is 5. The van der Waals surface area contributed by atoms with Gasteiger partial charge in [0.2, 0.25) is 5.91 Å². The summed E-state index contributed by atoms with van der Waals surface area (Å²) in [4.78, 5) is 32.7. The molecule has 0 saturated carbocycles. The van der Waals surface area contributed by atoms with Crippen LogP contribution in [-0.2, 0) is 4.79 Å². The van der Waals surface area contributed by atoms with E-state index in [0.29, 0.717) is 22.0 Å². The average molecular weight is 463 g/mol. The zero-order valence-electron chi connectivity index (χ0n) is 18.1. The van der Waals surface area contributed by atoms with Crippen LogP contribution in [0.5, 0.6) is 5.75 Å². The Morgan fingerprint density at radius 3 is 2.64 bits per heavy atom. The number of carbonyl (C=O) groups is 2. The van der Waals surface area contributed by atoms with E-state index in [4.69, 9.17) is 16.3 Å². The highest BCUT2D eigenvalue weighted by atomic mass is 35.5. The second-order valence-corrected chi connectivity index (χ2v) is 8.67. The minimum atomic E-state index is -0.125. The van der Waals surface area contributed by atoms with E-state index in [2.05, 4.69) is 15.2 Å². The predicted molar refractivity (Wildman–Crippen MR) is 128 cm³/mol. The van der Waals surface area contributed by atoms with Crippen LogP contribution in [0.15, 0.2) is 60.8 Å². The number of amides is 2. The van der Waals surface area contributed by atoms with Crippen LogP contribution >= 0.6 is 11.6 Å². The van der Waals surface area contributed by atoms with Gasteiger partial charge in [0.1, 0.15) is 11.6 Å². The van der Waals surface area contributed by atoms with Crippen LogP contribution in [0.3, 0.4) is 0 Å². The van der Waals surface area contributed by atoms with Gasteiger partial charge in [0.15, 0.2) is 6.73 Å².